The van der Waals surface area contributed by atoms with E-state index in [2.05, 4.69) is 15.0 Å². The van der Waals surface area contributed by atoms with Gasteiger partial charge in [-0.25, -0.2) is 14.2 Å². The van der Waals surface area contributed by atoms with Crippen LogP contribution in [0.5, 0.6) is 0 Å². The first kappa shape index (κ1) is 11.4. The van der Waals surface area contributed by atoms with Gasteiger partial charge < -0.3 is 4.98 Å². The summed E-state index contributed by atoms with van der Waals surface area (Å²) in [6.45, 7) is 0.00361. The molecule has 0 unspecified atom stereocenters. The van der Waals surface area contributed by atoms with Crippen molar-refractivity contribution in [1.82, 2.24) is 19.5 Å². The third kappa shape index (κ3) is 1.85. The molecule has 0 aliphatic carbocycles. The fourth-order valence-corrected chi connectivity index (χ4v) is 1.93. The third-order valence-electron chi connectivity index (χ3n) is 2.85. The first-order valence-electron chi connectivity index (χ1n) is 5.56. The van der Waals surface area contributed by atoms with E-state index in [1.165, 1.54) is 17.0 Å². The monoisotopic (exact) mass is 260 g/mol. The zero-order valence-electron chi connectivity index (χ0n) is 9.68. The Labute approximate surface area is 105 Å². The average molecular weight is 260 g/mol. The molecular weight excluding hydrogens is 251 g/mol. The Bertz CT molecular complexity index is 862. The van der Waals surface area contributed by atoms with Crippen molar-refractivity contribution in [1.29, 1.82) is 0 Å². The minimum atomic E-state index is -0.618. The lowest BCUT2D eigenvalue weighted by molar-refractivity contribution is 0.596. The number of H-pyrrole nitrogens is 2. The number of hydrogen-bond acceptors (Lipinski definition) is 3. The molecular formula is C12H9FN4O2. The van der Waals surface area contributed by atoms with Crippen LogP contribution in [0.1, 0.15) is 5.56 Å². The molecule has 0 amide bonds. The van der Waals surface area contributed by atoms with Gasteiger partial charge in [-0.15, -0.1) is 0 Å². The predicted molar refractivity (Wildman–Crippen MR) is 66.5 cm³/mol. The van der Waals surface area contributed by atoms with Crippen molar-refractivity contribution >= 4 is 11.2 Å². The van der Waals surface area contributed by atoms with Gasteiger partial charge in [0, 0.05) is 5.56 Å². The number of nitrogens with one attached hydrogen (secondary N) is 2. The Hall–Kier alpha value is -2.70. The zero-order valence-corrected chi connectivity index (χ0v) is 9.68. The van der Waals surface area contributed by atoms with E-state index < -0.39 is 17.1 Å². The minimum Gasteiger partial charge on any atom is -0.339 e. The lowest BCUT2D eigenvalue weighted by atomic mass is 10.2. The van der Waals surface area contributed by atoms with Crippen molar-refractivity contribution in [3.63, 3.8) is 0 Å². The molecule has 0 atom stereocenters. The number of benzene rings is 1. The van der Waals surface area contributed by atoms with Gasteiger partial charge in [-0.3, -0.25) is 14.3 Å². The van der Waals surface area contributed by atoms with Gasteiger partial charge in [0.2, 0.25) is 0 Å². The molecule has 0 spiro atoms. The largest absolute Gasteiger partial charge is 0.339 e. The molecule has 0 radical (unpaired) electrons. The topological polar surface area (TPSA) is 83.5 Å². The van der Waals surface area contributed by atoms with E-state index in [0.29, 0.717) is 5.56 Å². The number of hydrogen-bond donors (Lipinski definition) is 2. The van der Waals surface area contributed by atoms with Gasteiger partial charge in [0.15, 0.2) is 5.65 Å². The first-order valence-corrected chi connectivity index (χ1v) is 5.56. The molecule has 7 heteroatoms. The minimum absolute atomic E-state index is 0.00361. The molecule has 0 aliphatic rings. The highest BCUT2D eigenvalue weighted by Gasteiger charge is 2.11. The van der Waals surface area contributed by atoms with E-state index in [1.54, 1.807) is 18.2 Å². The zero-order chi connectivity index (χ0) is 13.4. The van der Waals surface area contributed by atoms with E-state index in [-0.39, 0.29) is 17.7 Å². The highest BCUT2D eigenvalue weighted by molar-refractivity contribution is 5.68. The van der Waals surface area contributed by atoms with Crippen LogP contribution < -0.4 is 11.2 Å². The molecule has 96 valence electrons. The lowest BCUT2D eigenvalue weighted by Gasteiger charge is -2.06. The van der Waals surface area contributed by atoms with Crippen LogP contribution in [0, 0.1) is 5.82 Å². The van der Waals surface area contributed by atoms with Gasteiger partial charge in [-0.05, 0) is 6.07 Å². The maximum atomic E-state index is 13.6. The smallest absolute Gasteiger partial charge is 0.330 e. The summed E-state index contributed by atoms with van der Waals surface area (Å²) in [6.07, 6.45) is 1.32. The summed E-state index contributed by atoms with van der Waals surface area (Å²) in [7, 11) is 0. The summed E-state index contributed by atoms with van der Waals surface area (Å²) >= 11 is 0. The van der Waals surface area contributed by atoms with Crippen molar-refractivity contribution in [3.8, 4) is 0 Å². The van der Waals surface area contributed by atoms with Gasteiger partial charge in [0.1, 0.15) is 11.3 Å². The van der Waals surface area contributed by atoms with Crippen LogP contribution in [0.15, 0.2) is 40.2 Å². The summed E-state index contributed by atoms with van der Waals surface area (Å²) in [5, 5.41) is 0. The standard InChI is InChI=1S/C12H9FN4O2/c13-8-4-2-1-3-7(8)5-17-10-9(14-6-15-10)11(18)16-12(17)19/h1-4,6H,5H2,(H,14,15)(H,16,18,19). The molecule has 3 aromatic rings. The average Bonchev–Trinajstić information content (AvgIpc) is 2.86. The van der Waals surface area contributed by atoms with Crippen LogP contribution in [-0.2, 0) is 6.54 Å². The number of halogens is 1. The Kier molecular flexibility index (Phi) is 2.52. The normalized spacial score (nSPS) is 11.0. The van der Waals surface area contributed by atoms with Crippen LogP contribution in [0.2, 0.25) is 0 Å². The van der Waals surface area contributed by atoms with E-state index in [0.717, 1.165) is 0 Å². The number of aromatic amines is 2. The highest BCUT2D eigenvalue weighted by atomic mass is 19.1. The molecule has 2 aromatic heterocycles. The predicted octanol–water partition coefficient (Wildman–Crippen LogP) is 0.600. The number of nitrogens with zero attached hydrogens (tertiary/aromatic N) is 2. The molecule has 0 saturated carbocycles. The maximum Gasteiger partial charge on any atom is 0.330 e. The van der Waals surface area contributed by atoms with E-state index >= 15 is 0 Å². The van der Waals surface area contributed by atoms with E-state index in [1.807, 2.05) is 0 Å². The maximum absolute atomic E-state index is 13.6. The number of aromatic nitrogens is 4. The molecule has 2 N–H and O–H groups in total. The third-order valence-corrected chi connectivity index (χ3v) is 2.85. The summed E-state index contributed by atoms with van der Waals surface area (Å²) in [5.74, 6) is -0.413. The summed E-state index contributed by atoms with van der Waals surface area (Å²) in [4.78, 5) is 32.1. The Morgan fingerprint density at radius 3 is 2.84 bits per heavy atom. The van der Waals surface area contributed by atoms with Gasteiger partial charge in [-0.1, -0.05) is 18.2 Å². The SMILES string of the molecule is O=c1[nH]c(=O)n(Cc2ccccc2F)c2nc[nH]c12. The van der Waals surface area contributed by atoms with Crippen molar-refractivity contribution < 1.29 is 4.39 Å². The van der Waals surface area contributed by atoms with Crippen LogP contribution in [0.3, 0.4) is 0 Å². The van der Waals surface area contributed by atoms with Crippen LogP contribution >= 0.6 is 0 Å². The van der Waals surface area contributed by atoms with E-state index in [4.69, 9.17) is 0 Å². The van der Waals surface area contributed by atoms with Crippen molar-refractivity contribution in [2.24, 2.45) is 0 Å². The molecule has 0 aliphatic heterocycles. The molecule has 1 aromatic carbocycles. The summed E-state index contributed by atoms with van der Waals surface area (Å²) < 4.78 is 14.8. The van der Waals surface area contributed by atoms with Crippen LogP contribution in [0.4, 0.5) is 4.39 Å². The van der Waals surface area contributed by atoms with Crippen molar-refractivity contribution in [2.45, 2.75) is 6.54 Å². The van der Waals surface area contributed by atoms with Crippen molar-refractivity contribution in [2.75, 3.05) is 0 Å². The summed E-state index contributed by atoms with van der Waals surface area (Å²) in [5.41, 5.74) is -0.413. The molecule has 0 fully saturated rings. The van der Waals surface area contributed by atoms with Gasteiger partial charge >= 0.3 is 5.69 Å². The Morgan fingerprint density at radius 2 is 2.05 bits per heavy atom. The molecule has 2 heterocycles. The Morgan fingerprint density at radius 1 is 1.26 bits per heavy atom. The van der Waals surface area contributed by atoms with Gasteiger partial charge in [0.05, 0.1) is 12.9 Å². The number of rotatable bonds is 2. The molecule has 0 bridgehead atoms. The highest BCUT2D eigenvalue weighted by Crippen LogP contribution is 2.09. The molecule has 3 rings (SSSR count). The fourth-order valence-electron chi connectivity index (χ4n) is 1.93. The molecule has 6 nitrogen and oxygen atoms in total. The molecule has 19 heavy (non-hydrogen) atoms. The van der Waals surface area contributed by atoms with Gasteiger partial charge in [-0.2, -0.15) is 0 Å². The second-order valence-electron chi connectivity index (χ2n) is 4.04. The quantitative estimate of drug-likeness (QED) is 0.707. The van der Waals surface area contributed by atoms with E-state index in [9.17, 15) is 14.0 Å². The van der Waals surface area contributed by atoms with Gasteiger partial charge in [0.25, 0.3) is 5.56 Å². The Balaban J connectivity index is 2.21. The van der Waals surface area contributed by atoms with Crippen molar-refractivity contribution in [3.05, 3.63) is 62.8 Å². The first-order chi connectivity index (χ1) is 9.16. The fraction of sp³-hybridized carbons (Fsp3) is 0.0833. The second kappa shape index (κ2) is 4.20. The lowest BCUT2D eigenvalue weighted by Crippen LogP contribution is -2.30. The number of fused-ring (bicyclic) bond motifs is 1. The second-order valence-corrected chi connectivity index (χ2v) is 4.04. The number of imidazole rings is 1. The molecule has 0 saturated heterocycles. The van der Waals surface area contributed by atoms with Crippen LogP contribution in [-0.4, -0.2) is 19.5 Å². The summed E-state index contributed by atoms with van der Waals surface area (Å²) in [6, 6.07) is 6.13. The van der Waals surface area contributed by atoms with Crippen LogP contribution in [0.25, 0.3) is 11.2 Å².